The van der Waals surface area contributed by atoms with Crippen LogP contribution in [0.4, 0.5) is 0 Å². The largest absolute Gasteiger partial charge is 0.460 e. The summed E-state index contributed by atoms with van der Waals surface area (Å²) in [5.74, 6) is -0.262. The SMILES string of the molecule is CCCCCCCCCCOCCOCCOCCOCCOCCOCCOCCOCCOCCOCCOCCC(=O)OC(C)(C)C. The van der Waals surface area contributed by atoms with Crippen LogP contribution in [0, 0.1) is 0 Å². The zero-order valence-corrected chi connectivity index (χ0v) is 32.2. The maximum absolute atomic E-state index is 11.6. The van der Waals surface area contributed by atoms with Crippen LogP contribution < -0.4 is 0 Å². The molecule has 0 saturated carbocycles. The number of rotatable bonds is 42. The van der Waals surface area contributed by atoms with Gasteiger partial charge in [0.1, 0.15) is 5.60 Å². The minimum Gasteiger partial charge on any atom is -0.460 e. The Bertz CT molecular complexity index is 664. The average Bonchev–Trinajstić information content (AvgIpc) is 3.08. The molecule has 0 heterocycles. The first-order valence-electron chi connectivity index (χ1n) is 19.0. The van der Waals surface area contributed by atoms with Gasteiger partial charge >= 0.3 is 5.97 Å². The Labute approximate surface area is 303 Å². The summed E-state index contributed by atoms with van der Waals surface area (Å²) in [5, 5.41) is 0. The summed E-state index contributed by atoms with van der Waals surface area (Å²) in [4.78, 5) is 11.6. The number of hydrogen-bond acceptors (Lipinski definition) is 13. The van der Waals surface area contributed by atoms with Crippen LogP contribution in [0.1, 0.15) is 85.5 Å². The zero-order chi connectivity index (χ0) is 36.5. The molecular weight excluding hydrogens is 652 g/mol. The Morgan fingerprint density at radius 1 is 0.340 bits per heavy atom. The third-order valence-electron chi connectivity index (χ3n) is 6.73. The molecule has 0 aromatic heterocycles. The van der Waals surface area contributed by atoms with E-state index in [-0.39, 0.29) is 12.4 Å². The van der Waals surface area contributed by atoms with Gasteiger partial charge in [0.2, 0.25) is 0 Å². The van der Waals surface area contributed by atoms with E-state index < -0.39 is 5.60 Å². The van der Waals surface area contributed by atoms with E-state index in [4.69, 9.17) is 56.8 Å². The molecule has 0 N–H and O–H groups in total. The number of carbonyl (C=O) groups is 1. The van der Waals surface area contributed by atoms with Gasteiger partial charge in [0.05, 0.1) is 145 Å². The van der Waals surface area contributed by atoms with Crippen LogP contribution in [0.15, 0.2) is 0 Å². The minimum absolute atomic E-state index is 0.234. The Morgan fingerprint density at radius 2 is 0.580 bits per heavy atom. The molecule has 13 nitrogen and oxygen atoms in total. The summed E-state index contributed by atoms with van der Waals surface area (Å²) in [6.07, 6.45) is 10.7. The molecule has 50 heavy (non-hydrogen) atoms. The lowest BCUT2D eigenvalue weighted by Gasteiger charge is -2.19. The lowest BCUT2D eigenvalue weighted by Crippen LogP contribution is -2.24. The Kier molecular flexibility index (Phi) is 40.0. The van der Waals surface area contributed by atoms with Gasteiger partial charge in [-0.15, -0.1) is 0 Å². The van der Waals surface area contributed by atoms with Crippen LogP contribution in [0.25, 0.3) is 0 Å². The van der Waals surface area contributed by atoms with Gasteiger partial charge in [-0.3, -0.25) is 4.79 Å². The van der Waals surface area contributed by atoms with E-state index in [0.717, 1.165) is 13.0 Å². The van der Waals surface area contributed by atoms with Crippen LogP contribution in [-0.2, 0) is 61.6 Å². The highest BCUT2D eigenvalue weighted by atomic mass is 16.6. The molecule has 0 aliphatic carbocycles. The second kappa shape index (κ2) is 40.8. The van der Waals surface area contributed by atoms with E-state index in [2.05, 4.69) is 6.92 Å². The highest BCUT2D eigenvalue weighted by Crippen LogP contribution is 2.09. The molecule has 0 fully saturated rings. The van der Waals surface area contributed by atoms with E-state index in [1.165, 1.54) is 44.9 Å². The molecule has 13 heteroatoms. The first-order chi connectivity index (χ1) is 24.5. The molecule has 0 rings (SSSR count). The van der Waals surface area contributed by atoms with Crippen LogP contribution in [0.2, 0.25) is 0 Å². The normalized spacial score (nSPS) is 11.8. The lowest BCUT2D eigenvalue weighted by molar-refractivity contribution is -0.156. The van der Waals surface area contributed by atoms with E-state index in [9.17, 15) is 4.79 Å². The molecule has 0 bridgehead atoms. The van der Waals surface area contributed by atoms with Gasteiger partial charge in [0.25, 0.3) is 0 Å². The Hall–Kier alpha value is -0.970. The monoisotopic (exact) mass is 727 g/mol. The lowest BCUT2D eigenvalue weighted by atomic mass is 10.1. The number of carbonyl (C=O) groups excluding carboxylic acids is 1. The first kappa shape index (κ1) is 49.0. The molecule has 0 radical (unpaired) electrons. The summed E-state index contributed by atoms with van der Waals surface area (Å²) >= 11 is 0. The highest BCUT2D eigenvalue weighted by molar-refractivity contribution is 5.69. The van der Waals surface area contributed by atoms with Gasteiger partial charge in [-0.2, -0.15) is 0 Å². The Balaban J connectivity index is 3.09. The van der Waals surface area contributed by atoms with Crippen molar-refractivity contribution in [3.05, 3.63) is 0 Å². The van der Waals surface area contributed by atoms with Gasteiger partial charge in [0, 0.05) is 6.61 Å². The number of esters is 1. The predicted octanol–water partition coefficient (Wildman–Crippen LogP) is 5.04. The van der Waals surface area contributed by atoms with E-state index in [1.807, 2.05) is 20.8 Å². The van der Waals surface area contributed by atoms with Crippen molar-refractivity contribution >= 4 is 5.97 Å². The van der Waals surface area contributed by atoms with E-state index >= 15 is 0 Å². The topological polar surface area (TPSA) is 128 Å². The molecule has 0 saturated heterocycles. The van der Waals surface area contributed by atoms with Crippen molar-refractivity contribution in [3.8, 4) is 0 Å². The molecule has 0 amide bonds. The summed E-state index contributed by atoms with van der Waals surface area (Å²) in [6, 6.07) is 0. The number of hydrogen-bond donors (Lipinski definition) is 0. The fraction of sp³-hybridized carbons (Fsp3) is 0.973. The first-order valence-corrected chi connectivity index (χ1v) is 19.0. The van der Waals surface area contributed by atoms with Gasteiger partial charge < -0.3 is 56.8 Å². The van der Waals surface area contributed by atoms with Crippen molar-refractivity contribution in [2.24, 2.45) is 0 Å². The highest BCUT2D eigenvalue weighted by Gasteiger charge is 2.15. The van der Waals surface area contributed by atoms with Crippen molar-refractivity contribution in [3.63, 3.8) is 0 Å². The molecule has 0 atom stereocenters. The fourth-order valence-corrected chi connectivity index (χ4v) is 4.19. The number of unbranched alkanes of at least 4 members (excludes halogenated alkanes) is 7. The summed E-state index contributed by atoms with van der Waals surface area (Å²) < 4.78 is 65.6. The molecule has 0 aliphatic rings. The number of ether oxygens (including phenoxy) is 12. The van der Waals surface area contributed by atoms with Crippen molar-refractivity contribution in [1.29, 1.82) is 0 Å². The smallest absolute Gasteiger partial charge is 0.308 e. The summed E-state index contributed by atoms with van der Waals surface area (Å²) in [5.41, 5.74) is -0.472. The van der Waals surface area contributed by atoms with Crippen LogP contribution >= 0.6 is 0 Å². The average molecular weight is 727 g/mol. The molecule has 0 spiro atoms. The standard InChI is InChI=1S/C37H74O13/c1-5-6-7-8-9-10-11-12-14-39-16-18-41-20-22-43-24-26-45-28-30-47-32-34-49-35-33-48-31-29-46-27-25-44-23-21-42-19-17-40-15-13-36(38)50-37(2,3)4/h5-35H2,1-4H3. The second-order valence-corrected chi connectivity index (χ2v) is 12.5. The molecule has 0 aromatic carbocycles. The molecule has 0 unspecified atom stereocenters. The zero-order valence-electron chi connectivity index (χ0n) is 32.2. The van der Waals surface area contributed by atoms with Crippen molar-refractivity contribution in [2.45, 2.75) is 91.1 Å². The Morgan fingerprint density at radius 3 is 0.860 bits per heavy atom. The van der Waals surface area contributed by atoms with Crippen molar-refractivity contribution < 1.29 is 61.6 Å². The second-order valence-electron chi connectivity index (χ2n) is 12.5. The quantitative estimate of drug-likeness (QED) is 0.0616. The van der Waals surface area contributed by atoms with Gasteiger partial charge in [-0.05, 0) is 27.2 Å². The van der Waals surface area contributed by atoms with Gasteiger partial charge in [0.15, 0.2) is 0 Å². The van der Waals surface area contributed by atoms with Crippen LogP contribution in [-0.4, -0.2) is 157 Å². The molecule has 300 valence electrons. The van der Waals surface area contributed by atoms with Crippen LogP contribution in [0.5, 0.6) is 0 Å². The van der Waals surface area contributed by atoms with Gasteiger partial charge in [-0.1, -0.05) is 51.9 Å². The third-order valence-corrected chi connectivity index (χ3v) is 6.73. The summed E-state index contributed by atoms with van der Waals surface area (Å²) in [7, 11) is 0. The maximum Gasteiger partial charge on any atom is 0.308 e. The minimum atomic E-state index is -0.472. The van der Waals surface area contributed by atoms with E-state index in [1.54, 1.807) is 0 Å². The maximum atomic E-state index is 11.6. The summed E-state index contributed by atoms with van der Waals surface area (Å²) in [6.45, 7) is 19.2. The molecular formula is C37H74O13. The van der Waals surface area contributed by atoms with E-state index in [0.29, 0.717) is 139 Å². The van der Waals surface area contributed by atoms with Crippen molar-refractivity contribution in [2.75, 3.05) is 145 Å². The predicted molar refractivity (Wildman–Crippen MR) is 192 cm³/mol. The third kappa shape index (κ3) is 45.1. The van der Waals surface area contributed by atoms with Crippen molar-refractivity contribution in [1.82, 2.24) is 0 Å². The fourth-order valence-electron chi connectivity index (χ4n) is 4.19. The molecule has 0 aromatic rings. The van der Waals surface area contributed by atoms with Gasteiger partial charge in [-0.25, -0.2) is 0 Å². The van der Waals surface area contributed by atoms with Crippen LogP contribution in [0.3, 0.4) is 0 Å². The molecule has 0 aliphatic heterocycles.